The van der Waals surface area contributed by atoms with Crippen LogP contribution >= 0.6 is 0 Å². The maximum atomic E-state index is 12.6. The van der Waals surface area contributed by atoms with E-state index in [0.717, 1.165) is 4.90 Å². The number of carboxylic acids is 1. The second kappa shape index (κ2) is 4.86. The van der Waals surface area contributed by atoms with E-state index < -0.39 is 29.1 Å². The number of carboxylic acid groups (broad SMARTS) is 1. The van der Waals surface area contributed by atoms with E-state index in [2.05, 4.69) is 0 Å². The van der Waals surface area contributed by atoms with Crippen molar-refractivity contribution in [1.82, 2.24) is 4.90 Å². The lowest BCUT2D eigenvalue weighted by Gasteiger charge is -2.38. The van der Waals surface area contributed by atoms with Crippen molar-refractivity contribution in [2.45, 2.75) is 44.4 Å². The van der Waals surface area contributed by atoms with Crippen LogP contribution in [-0.4, -0.2) is 51.9 Å². The average Bonchev–Trinajstić information content (AvgIpc) is 3.18. The fourth-order valence-corrected chi connectivity index (χ4v) is 3.00. The van der Waals surface area contributed by atoms with Gasteiger partial charge in [0.25, 0.3) is 5.91 Å². The van der Waals surface area contributed by atoms with Crippen molar-refractivity contribution in [1.29, 1.82) is 0 Å². The molecule has 2 rings (SSSR count). The number of alkyl halides is 3. The SMILES string of the molecule is CC(O)(C(=O)N1CCC(C2(C(=O)O)CC2)CC1)C(F)(F)F. The molecule has 2 aliphatic rings. The Hall–Kier alpha value is -1.31. The van der Waals surface area contributed by atoms with Gasteiger partial charge in [-0.25, -0.2) is 0 Å². The lowest BCUT2D eigenvalue weighted by molar-refractivity contribution is -0.250. The first kappa shape index (κ1) is 16.1. The second-order valence-corrected chi connectivity index (χ2v) is 6.10. The zero-order valence-electron chi connectivity index (χ0n) is 11.6. The van der Waals surface area contributed by atoms with Crippen LogP contribution < -0.4 is 0 Å². The Balaban J connectivity index is 1.99. The number of aliphatic hydroxyl groups is 1. The van der Waals surface area contributed by atoms with Gasteiger partial charge in [0.05, 0.1) is 5.41 Å². The number of nitrogens with zero attached hydrogens (tertiary/aromatic N) is 1. The number of halogens is 3. The predicted octanol–water partition coefficient (Wildman–Crippen LogP) is 1.40. The molecular formula is C13H18F3NO4. The monoisotopic (exact) mass is 309 g/mol. The average molecular weight is 309 g/mol. The van der Waals surface area contributed by atoms with Crippen LogP contribution in [0.1, 0.15) is 32.6 Å². The molecule has 1 amide bonds. The van der Waals surface area contributed by atoms with Crippen molar-refractivity contribution in [3.63, 3.8) is 0 Å². The highest BCUT2D eigenvalue weighted by atomic mass is 19.4. The topological polar surface area (TPSA) is 77.8 Å². The van der Waals surface area contributed by atoms with E-state index in [1.165, 1.54) is 0 Å². The summed E-state index contributed by atoms with van der Waals surface area (Å²) in [7, 11) is 0. The van der Waals surface area contributed by atoms with E-state index in [-0.39, 0.29) is 19.0 Å². The molecule has 0 aromatic rings. The predicted molar refractivity (Wildman–Crippen MR) is 65.3 cm³/mol. The Bertz CT molecular complexity index is 449. The third-order valence-electron chi connectivity index (χ3n) is 4.75. The van der Waals surface area contributed by atoms with E-state index >= 15 is 0 Å². The molecule has 21 heavy (non-hydrogen) atoms. The van der Waals surface area contributed by atoms with Crippen LogP contribution in [0.5, 0.6) is 0 Å². The smallest absolute Gasteiger partial charge is 0.426 e. The van der Waals surface area contributed by atoms with Crippen molar-refractivity contribution >= 4 is 11.9 Å². The first-order valence-corrected chi connectivity index (χ1v) is 6.84. The third-order valence-corrected chi connectivity index (χ3v) is 4.75. The first-order chi connectivity index (χ1) is 9.52. The van der Waals surface area contributed by atoms with Gasteiger partial charge in [-0.2, -0.15) is 13.2 Å². The van der Waals surface area contributed by atoms with Crippen molar-refractivity contribution in [3.8, 4) is 0 Å². The second-order valence-electron chi connectivity index (χ2n) is 6.10. The number of amides is 1. The highest BCUT2D eigenvalue weighted by molar-refractivity contribution is 5.85. The molecule has 5 nitrogen and oxygen atoms in total. The van der Waals surface area contributed by atoms with Crippen molar-refractivity contribution in [2.75, 3.05) is 13.1 Å². The van der Waals surface area contributed by atoms with Crippen LogP contribution in [-0.2, 0) is 9.59 Å². The highest BCUT2D eigenvalue weighted by Gasteiger charge is 2.59. The number of carbonyl (C=O) groups is 2. The molecule has 1 unspecified atom stereocenters. The molecule has 0 aromatic carbocycles. The third kappa shape index (κ3) is 2.61. The van der Waals surface area contributed by atoms with Crippen LogP contribution in [0.4, 0.5) is 13.2 Å². The summed E-state index contributed by atoms with van der Waals surface area (Å²) in [6.07, 6.45) is -3.15. The minimum Gasteiger partial charge on any atom is -0.481 e. The maximum Gasteiger partial charge on any atom is 0.426 e. The van der Waals surface area contributed by atoms with Crippen LogP contribution in [0.2, 0.25) is 0 Å². The van der Waals surface area contributed by atoms with Crippen molar-refractivity contribution in [2.24, 2.45) is 11.3 Å². The fraction of sp³-hybridized carbons (Fsp3) is 0.846. The summed E-state index contributed by atoms with van der Waals surface area (Å²) in [5, 5.41) is 18.6. The quantitative estimate of drug-likeness (QED) is 0.826. The van der Waals surface area contributed by atoms with Gasteiger partial charge < -0.3 is 15.1 Å². The number of rotatable bonds is 3. The number of aliphatic carboxylic acids is 1. The standard InChI is InChI=1S/C13H18F3NO4/c1-11(21,13(14,15)16)9(18)17-6-2-8(3-7-17)12(4-5-12)10(19)20/h8,21H,2-7H2,1H3,(H,19,20). The molecule has 2 N–H and O–H groups in total. The van der Waals surface area contributed by atoms with E-state index in [1.54, 1.807) is 0 Å². The van der Waals surface area contributed by atoms with Gasteiger partial charge in [-0.05, 0) is 38.5 Å². The van der Waals surface area contributed by atoms with E-state index in [4.69, 9.17) is 0 Å². The molecule has 1 aliphatic heterocycles. The van der Waals surface area contributed by atoms with Crippen LogP contribution in [0.25, 0.3) is 0 Å². The number of hydrogen-bond acceptors (Lipinski definition) is 3. The van der Waals surface area contributed by atoms with Gasteiger partial charge in [0.1, 0.15) is 0 Å². The van der Waals surface area contributed by atoms with Gasteiger partial charge >= 0.3 is 12.1 Å². The zero-order valence-corrected chi connectivity index (χ0v) is 11.6. The fourth-order valence-electron chi connectivity index (χ4n) is 3.00. The first-order valence-electron chi connectivity index (χ1n) is 6.84. The Morgan fingerprint density at radius 1 is 1.19 bits per heavy atom. The summed E-state index contributed by atoms with van der Waals surface area (Å²) in [6, 6.07) is 0. The largest absolute Gasteiger partial charge is 0.481 e. The van der Waals surface area contributed by atoms with E-state index in [9.17, 15) is 33.0 Å². The number of piperidine rings is 1. The van der Waals surface area contributed by atoms with Crippen LogP contribution in [0.15, 0.2) is 0 Å². The van der Waals surface area contributed by atoms with Crippen LogP contribution in [0, 0.1) is 11.3 Å². The maximum absolute atomic E-state index is 12.6. The van der Waals surface area contributed by atoms with Gasteiger partial charge in [0, 0.05) is 13.1 Å². The van der Waals surface area contributed by atoms with Gasteiger partial charge in [-0.3, -0.25) is 9.59 Å². The van der Waals surface area contributed by atoms with Gasteiger partial charge in [0.15, 0.2) is 0 Å². The summed E-state index contributed by atoms with van der Waals surface area (Å²) < 4.78 is 37.9. The van der Waals surface area contributed by atoms with Gasteiger partial charge in [-0.15, -0.1) is 0 Å². The summed E-state index contributed by atoms with van der Waals surface area (Å²) >= 11 is 0. The van der Waals surface area contributed by atoms with Gasteiger partial charge in [-0.1, -0.05) is 0 Å². The molecular weight excluding hydrogens is 291 g/mol. The molecule has 1 saturated carbocycles. The normalized spacial score (nSPS) is 25.3. The molecule has 2 fully saturated rings. The molecule has 1 aliphatic carbocycles. The summed E-state index contributed by atoms with van der Waals surface area (Å²) in [5.74, 6) is -2.35. The minimum atomic E-state index is -5.03. The summed E-state index contributed by atoms with van der Waals surface area (Å²) in [4.78, 5) is 24.0. The minimum absolute atomic E-state index is 0.0464. The molecule has 0 bridgehead atoms. The number of likely N-dealkylation sites (tertiary alicyclic amines) is 1. The summed E-state index contributed by atoms with van der Waals surface area (Å²) in [5.41, 5.74) is -4.15. The Kier molecular flexibility index (Phi) is 3.72. The molecule has 120 valence electrons. The Morgan fingerprint density at radius 3 is 2.00 bits per heavy atom. The Morgan fingerprint density at radius 2 is 1.67 bits per heavy atom. The lowest BCUT2D eigenvalue weighted by atomic mass is 9.81. The zero-order chi connectivity index (χ0) is 16.1. The van der Waals surface area contributed by atoms with E-state index in [0.29, 0.717) is 32.6 Å². The molecule has 1 heterocycles. The molecule has 1 atom stereocenters. The Labute approximate surface area is 119 Å². The summed E-state index contributed by atoms with van der Waals surface area (Å²) in [6.45, 7) is 0.538. The molecule has 0 spiro atoms. The molecule has 1 saturated heterocycles. The number of hydrogen-bond donors (Lipinski definition) is 2. The molecule has 8 heteroatoms. The van der Waals surface area contributed by atoms with Crippen molar-refractivity contribution in [3.05, 3.63) is 0 Å². The molecule has 0 aromatic heterocycles. The van der Waals surface area contributed by atoms with E-state index in [1.807, 2.05) is 0 Å². The van der Waals surface area contributed by atoms with Crippen molar-refractivity contribution < 1.29 is 33.0 Å². The lowest BCUT2D eigenvalue weighted by Crippen LogP contribution is -2.57. The highest BCUT2D eigenvalue weighted by Crippen LogP contribution is 2.55. The van der Waals surface area contributed by atoms with Crippen LogP contribution in [0.3, 0.4) is 0 Å². The number of carbonyl (C=O) groups excluding carboxylic acids is 1. The van der Waals surface area contributed by atoms with Gasteiger partial charge in [0.2, 0.25) is 5.60 Å². The molecule has 0 radical (unpaired) electrons.